The normalized spacial score (nSPS) is 11.8. The Morgan fingerprint density at radius 2 is 2.05 bits per heavy atom. The summed E-state index contributed by atoms with van der Waals surface area (Å²) in [6.07, 6.45) is -1.89. The average Bonchev–Trinajstić information content (AvgIpc) is 2.91. The van der Waals surface area contributed by atoms with Crippen molar-refractivity contribution < 1.29 is 23.1 Å². The maximum absolute atomic E-state index is 12.7. The quantitative estimate of drug-likeness (QED) is 0.777. The molecule has 3 aromatic rings. The van der Waals surface area contributed by atoms with Gasteiger partial charge in [-0.1, -0.05) is 0 Å². The van der Waals surface area contributed by atoms with Crippen LogP contribution in [0.25, 0.3) is 17.0 Å². The van der Waals surface area contributed by atoms with E-state index in [1.807, 2.05) is 0 Å². The molecule has 112 valence electrons. The van der Waals surface area contributed by atoms with Gasteiger partial charge in [0.1, 0.15) is 0 Å². The zero-order valence-corrected chi connectivity index (χ0v) is 10.6. The third-order valence-corrected chi connectivity index (χ3v) is 2.74. The van der Waals surface area contributed by atoms with Crippen LogP contribution in [0.2, 0.25) is 0 Å². The first-order chi connectivity index (χ1) is 10.4. The maximum atomic E-state index is 12.7. The first kappa shape index (κ1) is 13.9. The summed E-state index contributed by atoms with van der Waals surface area (Å²) in [5.41, 5.74) is 0.107. The lowest BCUT2D eigenvalue weighted by Gasteiger charge is -2.03. The lowest BCUT2D eigenvalue weighted by Crippen LogP contribution is -2.10. The van der Waals surface area contributed by atoms with Crippen molar-refractivity contribution in [2.75, 3.05) is 0 Å². The number of nitrogens with zero attached hydrogens (tertiary/aromatic N) is 5. The average molecular weight is 309 g/mol. The molecule has 0 saturated heterocycles. The molecule has 3 aromatic heterocycles. The van der Waals surface area contributed by atoms with Crippen LogP contribution in [0.1, 0.15) is 16.3 Å². The Morgan fingerprint density at radius 3 is 2.64 bits per heavy atom. The highest BCUT2D eigenvalue weighted by Gasteiger charge is 2.37. The summed E-state index contributed by atoms with van der Waals surface area (Å²) in [6, 6.07) is 4.30. The van der Waals surface area contributed by atoms with Crippen molar-refractivity contribution in [1.29, 1.82) is 0 Å². The van der Waals surface area contributed by atoms with E-state index < -0.39 is 29.4 Å². The topological polar surface area (TPSA) is 93.3 Å². The van der Waals surface area contributed by atoms with E-state index in [0.29, 0.717) is 10.1 Å². The van der Waals surface area contributed by atoms with E-state index in [2.05, 4.69) is 20.1 Å². The van der Waals surface area contributed by atoms with Crippen LogP contribution in [0.3, 0.4) is 0 Å². The van der Waals surface area contributed by atoms with E-state index in [1.54, 1.807) is 12.1 Å². The number of fused-ring (bicyclic) bond motifs is 1. The molecule has 10 heteroatoms. The molecule has 0 aromatic carbocycles. The van der Waals surface area contributed by atoms with Gasteiger partial charge in [-0.15, -0.1) is 5.10 Å². The van der Waals surface area contributed by atoms with Gasteiger partial charge in [0.05, 0.1) is 5.69 Å². The molecule has 1 N–H and O–H groups in total. The van der Waals surface area contributed by atoms with E-state index in [0.717, 1.165) is 6.07 Å². The Bertz CT molecular complexity index is 860. The Balaban J connectivity index is 2.28. The summed E-state index contributed by atoms with van der Waals surface area (Å²) in [7, 11) is 0. The molecule has 0 amide bonds. The highest BCUT2D eigenvalue weighted by molar-refractivity contribution is 5.87. The predicted octanol–water partition coefficient (Wildman–Crippen LogP) is 1.90. The first-order valence-electron chi connectivity index (χ1n) is 5.85. The van der Waals surface area contributed by atoms with Crippen molar-refractivity contribution in [1.82, 2.24) is 24.6 Å². The highest BCUT2D eigenvalue weighted by Crippen LogP contribution is 2.27. The van der Waals surface area contributed by atoms with Crippen LogP contribution < -0.4 is 0 Å². The summed E-state index contributed by atoms with van der Waals surface area (Å²) in [5, 5.41) is 12.3. The first-order valence-corrected chi connectivity index (χ1v) is 5.85. The van der Waals surface area contributed by atoms with Crippen molar-refractivity contribution in [3.05, 3.63) is 42.1 Å². The van der Waals surface area contributed by atoms with E-state index in [9.17, 15) is 18.0 Å². The van der Waals surface area contributed by atoms with Crippen LogP contribution in [0.5, 0.6) is 0 Å². The number of aromatic carboxylic acids is 1. The smallest absolute Gasteiger partial charge is 0.453 e. The van der Waals surface area contributed by atoms with E-state index in [1.165, 1.54) is 12.4 Å². The number of hydrogen-bond acceptors (Lipinski definition) is 5. The summed E-state index contributed by atoms with van der Waals surface area (Å²) >= 11 is 0. The van der Waals surface area contributed by atoms with Crippen LogP contribution in [0.4, 0.5) is 13.2 Å². The lowest BCUT2D eigenvalue weighted by atomic mass is 10.2. The van der Waals surface area contributed by atoms with Gasteiger partial charge in [-0.25, -0.2) is 9.78 Å². The van der Waals surface area contributed by atoms with Crippen molar-refractivity contribution in [3.63, 3.8) is 0 Å². The summed E-state index contributed by atoms with van der Waals surface area (Å²) in [6.45, 7) is 0. The minimum absolute atomic E-state index is 0.138. The molecule has 0 unspecified atom stereocenters. The standard InChI is InChI=1S/C12H6F3N5O2/c13-12(14,15)10-18-11-17-7(6-2-1-3-16-5-6)4-8(9(21)22)20(11)19-10/h1-5H,(H,21,22). The fourth-order valence-electron chi connectivity index (χ4n) is 1.80. The van der Waals surface area contributed by atoms with Gasteiger partial charge in [-0.05, 0) is 18.2 Å². The Morgan fingerprint density at radius 1 is 1.27 bits per heavy atom. The molecule has 0 atom stereocenters. The molecule has 7 nitrogen and oxygen atoms in total. The van der Waals surface area contributed by atoms with E-state index in [-0.39, 0.29) is 5.69 Å². The van der Waals surface area contributed by atoms with Gasteiger partial charge in [-0.3, -0.25) is 4.98 Å². The number of halogens is 3. The Hall–Kier alpha value is -3.04. The second-order valence-corrected chi connectivity index (χ2v) is 4.22. The van der Waals surface area contributed by atoms with Crippen molar-refractivity contribution >= 4 is 11.7 Å². The molecule has 0 bridgehead atoms. The summed E-state index contributed by atoms with van der Waals surface area (Å²) < 4.78 is 38.5. The zero-order valence-electron chi connectivity index (χ0n) is 10.6. The molecule has 3 rings (SSSR count). The van der Waals surface area contributed by atoms with Crippen LogP contribution in [-0.2, 0) is 6.18 Å². The molecule has 0 aliphatic heterocycles. The van der Waals surface area contributed by atoms with Crippen molar-refractivity contribution in [3.8, 4) is 11.3 Å². The minimum Gasteiger partial charge on any atom is -0.477 e. The number of pyridine rings is 1. The van der Waals surface area contributed by atoms with Crippen molar-refractivity contribution in [2.24, 2.45) is 0 Å². The Kier molecular flexibility index (Phi) is 3.01. The molecular weight excluding hydrogens is 303 g/mol. The number of rotatable bonds is 2. The van der Waals surface area contributed by atoms with Gasteiger partial charge in [0.2, 0.25) is 0 Å². The molecule has 0 fully saturated rings. The van der Waals surface area contributed by atoms with Gasteiger partial charge in [0.25, 0.3) is 11.6 Å². The van der Waals surface area contributed by atoms with E-state index >= 15 is 0 Å². The number of carboxylic acids is 1. The number of hydrogen-bond donors (Lipinski definition) is 1. The fraction of sp³-hybridized carbons (Fsp3) is 0.0833. The second-order valence-electron chi connectivity index (χ2n) is 4.22. The largest absolute Gasteiger partial charge is 0.477 e. The molecule has 0 spiro atoms. The van der Waals surface area contributed by atoms with Gasteiger partial charge in [0.15, 0.2) is 5.69 Å². The molecule has 0 aliphatic rings. The molecule has 3 heterocycles. The maximum Gasteiger partial charge on any atom is 0.453 e. The van der Waals surface area contributed by atoms with E-state index in [4.69, 9.17) is 5.11 Å². The minimum atomic E-state index is -4.79. The number of aromatic nitrogens is 5. The lowest BCUT2D eigenvalue weighted by molar-refractivity contribution is -0.144. The van der Waals surface area contributed by atoms with Gasteiger partial charge < -0.3 is 5.11 Å². The molecule has 0 radical (unpaired) electrons. The van der Waals surface area contributed by atoms with Crippen molar-refractivity contribution in [2.45, 2.75) is 6.18 Å². The third-order valence-electron chi connectivity index (χ3n) is 2.74. The van der Waals surface area contributed by atoms with Gasteiger partial charge in [0, 0.05) is 18.0 Å². The third kappa shape index (κ3) is 2.34. The van der Waals surface area contributed by atoms with Crippen LogP contribution in [-0.4, -0.2) is 35.6 Å². The SMILES string of the molecule is O=C(O)c1cc(-c2cccnc2)nc2nc(C(F)(F)F)nn12. The van der Waals surface area contributed by atoms with Crippen LogP contribution in [0, 0.1) is 0 Å². The number of carboxylic acid groups (broad SMARTS) is 1. The molecule has 0 saturated carbocycles. The number of alkyl halides is 3. The summed E-state index contributed by atoms with van der Waals surface area (Å²) in [5.74, 6) is -3.35. The highest BCUT2D eigenvalue weighted by atomic mass is 19.4. The number of carbonyl (C=O) groups is 1. The Labute approximate surface area is 120 Å². The van der Waals surface area contributed by atoms with Gasteiger partial charge >= 0.3 is 12.1 Å². The second kappa shape index (κ2) is 4.76. The zero-order chi connectivity index (χ0) is 15.9. The predicted molar refractivity (Wildman–Crippen MR) is 66.0 cm³/mol. The molecular formula is C12H6F3N5O2. The molecule has 0 aliphatic carbocycles. The molecule has 22 heavy (non-hydrogen) atoms. The van der Waals surface area contributed by atoms with Crippen LogP contribution in [0.15, 0.2) is 30.6 Å². The van der Waals surface area contributed by atoms with Crippen LogP contribution >= 0.6 is 0 Å². The fourth-order valence-corrected chi connectivity index (χ4v) is 1.80. The van der Waals surface area contributed by atoms with Gasteiger partial charge in [-0.2, -0.15) is 22.7 Å². The monoisotopic (exact) mass is 309 g/mol. The summed E-state index contributed by atoms with van der Waals surface area (Å²) in [4.78, 5) is 22.2.